The normalized spacial score (nSPS) is 9.74. The van der Waals surface area contributed by atoms with Crippen LogP contribution in [0.1, 0.15) is 89.0 Å². The van der Waals surface area contributed by atoms with Crippen molar-refractivity contribution in [1.29, 1.82) is 0 Å². The molecule has 246 valence electrons. The summed E-state index contributed by atoms with van der Waals surface area (Å²) in [5, 5.41) is 0. The quantitative estimate of drug-likeness (QED) is 0.163. The lowest BCUT2D eigenvalue weighted by molar-refractivity contribution is 1.23. The van der Waals surface area contributed by atoms with Gasteiger partial charge in [0.15, 0.2) is 0 Å². The number of aryl methyl sites for hydroxylation is 14. The smallest absolute Gasteiger partial charge is 0.0392 e. The molecule has 0 bridgehead atoms. The molecule has 5 aromatic carbocycles. The van der Waals surface area contributed by atoms with Crippen LogP contribution in [-0.4, -0.2) is 0 Å². The largest absolute Gasteiger partial charge is 0.0591 e. The second-order valence-electron chi connectivity index (χ2n) is 13.4. The third kappa shape index (κ3) is 14.9. The Kier molecular flexibility index (Phi) is 17.1. The van der Waals surface area contributed by atoms with Crippen molar-refractivity contribution in [1.82, 2.24) is 0 Å². The van der Waals surface area contributed by atoms with Gasteiger partial charge in [-0.15, -0.1) is 0 Å². The van der Waals surface area contributed by atoms with Gasteiger partial charge >= 0.3 is 0 Å². The predicted molar refractivity (Wildman–Crippen MR) is 208 cm³/mol. The minimum absolute atomic E-state index is 1.33. The zero-order valence-corrected chi connectivity index (χ0v) is 32.1. The maximum absolute atomic E-state index is 2.22. The van der Waals surface area contributed by atoms with Crippen molar-refractivity contribution in [2.24, 2.45) is 0 Å². The Balaban J connectivity index is 0.000000288. The molecule has 0 aliphatic rings. The summed E-state index contributed by atoms with van der Waals surface area (Å²) in [5.41, 5.74) is 22.0. The topological polar surface area (TPSA) is 0 Å². The first-order chi connectivity index (χ1) is 21.4. The van der Waals surface area contributed by atoms with Crippen LogP contribution < -0.4 is 0 Å². The van der Waals surface area contributed by atoms with Crippen molar-refractivity contribution < 1.29 is 0 Å². The molecule has 0 aliphatic carbocycles. The molecule has 0 nitrogen and oxygen atoms in total. The lowest BCUT2D eigenvalue weighted by Crippen LogP contribution is -1.86. The summed E-state index contributed by atoms with van der Waals surface area (Å²) in [6.07, 6.45) is 0. The molecule has 0 radical (unpaired) electrons. The molecule has 0 aromatic heterocycles. The number of hydrogen-bond donors (Lipinski definition) is 0. The molecule has 0 spiro atoms. The van der Waals surface area contributed by atoms with Gasteiger partial charge < -0.3 is 0 Å². The van der Waals surface area contributed by atoms with Crippen molar-refractivity contribution in [3.05, 3.63) is 174 Å². The van der Waals surface area contributed by atoms with Gasteiger partial charge in [-0.1, -0.05) is 118 Å². The monoisotopic (exact) mass is 614 g/mol. The molecule has 0 heteroatoms. The number of benzene rings is 5. The summed E-state index contributed by atoms with van der Waals surface area (Å²) in [6, 6.07) is 30.4. The van der Waals surface area contributed by atoms with Crippen LogP contribution in [0.15, 0.2) is 84.9 Å². The minimum atomic E-state index is 1.33. The fraction of sp³-hybridized carbons (Fsp3) is 0.348. The first-order valence-electron chi connectivity index (χ1n) is 16.6. The molecule has 5 aromatic rings. The van der Waals surface area contributed by atoms with Gasteiger partial charge in [-0.25, -0.2) is 0 Å². The van der Waals surface area contributed by atoms with Gasteiger partial charge in [-0.2, -0.15) is 0 Å². The second-order valence-corrected chi connectivity index (χ2v) is 13.4. The molecule has 0 unspecified atom stereocenters. The first kappa shape index (κ1) is 40.1. The molecular weight excluding hydrogens is 553 g/mol. The molecule has 0 saturated carbocycles. The van der Waals surface area contributed by atoms with E-state index in [9.17, 15) is 0 Å². The highest BCUT2D eigenvalue weighted by atomic mass is 14.0. The Bertz CT molecular complexity index is 1490. The van der Waals surface area contributed by atoms with Crippen LogP contribution in [0.2, 0.25) is 0 Å². The van der Waals surface area contributed by atoms with Gasteiger partial charge in [0.2, 0.25) is 0 Å². The zero-order chi connectivity index (χ0) is 35.1. The molecule has 0 atom stereocenters. The summed E-state index contributed by atoms with van der Waals surface area (Å²) in [7, 11) is 0. The van der Waals surface area contributed by atoms with Crippen LogP contribution in [0.5, 0.6) is 0 Å². The summed E-state index contributed by atoms with van der Waals surface area (Å²) >= 11 is 0. The SMILES string of the molecule is Cc1cc(C)c(C)c(C)c1.Cc1cc(C)c(C)c(C)c1.Cc1ccc(C)c(C)c1.Cc1ccc(C)c(C)c1.Cc1ccc(C)cc1. The summed E-state index contributed by atoms with van der Waals surface area (Å²) in [4.78, 5) is 0. The average Bonchev–Trinajstić information content (AvgIpc) is 2.97. The van der Waals surface area contributed by atoms with E-state index in [2.05, 4.69) is 196 Å². The third-order valence-electron chi connectivity index (χ3n) is 8.69. The van der Waals surface area contributed by atoms with Crippen LogP contribution in [0.25, 0.3) is 0 Å². The van der Waals surface area contributed by atoms with Gasteiger partial charge in [0.05, 0.1) is 0 Å². The molecule has 0 heterocycles. The highest BCUT2D eigenvalue weighted by Gasteiger charge is 1.97. The lowest BCUT2D eigenvalue weighted by Gasteiger charge is -2.04. The van der Waals surface area contributed by atoms with Crippen molar-refractivity contribution in [3.8, 4) is 0 Å². The Labute approximate surface area is 284 Å². The van der Waals surface area contributed by atoms with E-state index in [1.54, 1.807) is 0 Å². The van der Waals surface area contributed by atoms with E-state index in [4.69, 9.17) is 0 Å². The molecular formula is C46H62. The minimum Gasteiger partial charge on any atom is -0.0591 e. The summed E-state index contributed by atoms with van der Waals surface area (Å²) in [5.74, 6) is 0. The van der Waals surface area contributed by atoms with E-state index < -0.39 is 0 Å². The van der Waals surface area contributed by atoms with E-state index >= 15 is 0 Å². The average molecular weight is 615 g/mol. The van der Waals surface area contributed by atoms with Gasteiger partial charge in [-0.3, -0.25) is 0 Å². The highest BCUT2D eigenvalue weighted by Crippen LogP contribution is 2.15. The van der Waals surface area contributed by atoms with E-state index in [0.29, 0.717) is 0 Å². The fourth-order valence-corrected chi connectivity index (χ4v) is 4.92. The first-order valence-corrected chi connectivity index (χ1v) is 16.6. The molecule has 0 saturated heterocycles. The van der Waals surface area contributed by atoms with E-state index in [-0.39, 0.29) is 0 Å². The van der Waals surface area contributed by atoms with Crippen LogP contribution in [0.4, 0.5) is 0 Å². The predicted octanol–water partition coefficient (Wildman–Crippen LogP) is 13.4. The standard InChI is InChI=1S/2C10H14.2C9H12.C8H10/c2*1-7-5-8(2)10(4)9(3)6-7;2*1-7-4-5-8(2)9(3)6-7;1-7-3-5-8(2)6-4-7/h2*5-6H,1-4H3;2*4-6H,1-3H3;3-6H,1-2H3. The van der Waals surface area contributed by atoms with E-state index in [0.717, 1.165) is 0 Å². The van der Waals surface area contributed by atoms with Crippen molar-refractivity contribution in [3.63, 3.8) is 0 Å². The van der Waals surface area contributed by atoms with Gasteiger partial charge in [0, 0.05) is 0 Å². The van der Waals surface area contributed by atoms with Crippen molar-refractivity contribution in [2.75, 3.05) is 0 Å². The number of hydrogen-bond acceptors (Lipinski definition) is 0. The second kappa shape index (κ2) is 19.6. The van der Waals surface area contributed by atoms with Crippen LogP contribution >= 0.6 is 0 Å². The van der Waals surface area contributed by atoms with E-state index in [1.807, 2.05) is 0 Å². The van der Waals surface area contributed by atoms with Gasteiger partial charge in [0.25, 0.3) is 0 Å². The molecule has 0 fully saturated rings. The molecule has 46 heavy (non-hydrogen) atoms. The Morgan fingerprint density at radius 2 is 0.413 bits per heavy atom. The summed E-state index contributed by atoms with van der Waals surface area (Å²) in [6.45, 7) is 34.2. The third-order valence-corrected chi connectivity index (χ3v) is 8.69. The van der Waals surface area contributed by atoms with Crippen molar-refractivity contribution >= 4 is 0 Å². The Morgan fingerprint density at radius 3 is 0.630 bits per heavy atom. The highest BCUT2D eigenvalue weighted by molar-refractivity contribution is 5.37. The number of rotatable bonds is 0. The molecule has 0 amide bonds. The fourth-order valence-electron chi connectivity index (χ4n) is 4.92. The van der Waals surface area contributed by atoms with E-state index in [1.165, 1.54) is 89.0 Å². The van der Waals surface area contributed by atoms with Crippen LogP contribution in [0.3, 0.4) is 0 Å². The maximum atomic E-state index is 2.22. The van der Waals surface area contributed by atoms with Crippen molar-refractivity contribution in [2.45, 2.75) is 111 Å². The van der Waals surface area contributed by atoms with Gasteiger partial charge in [0.1, 0.15) is 0 Å². The maximum Gasteiger partial charge on any atom is -0.0392 e. The Morgan fingerprint density at radius 1 is 0.196 bits per heavy atom. The van der Waals surface area contributed by atoms with Crippen LogP contribution in [-0.2, 0) is 0 Å². The molecule has 0 aliphatic heterocycles. The van der Waals surface area contributed by atoms with Gasteiger partial charge in [-0.05, 0) is 166 Å². The molecule has 0 N–H and O–H groups in total. The Hall–Kier alpha value is -3.90. The molecule has 5 rings (SSSR count). The van der Waals surface area contributed by atoms with Crippen LogP contribution in [0, 0.1) is 111 Å². The lowest BCUT2D eigenvalue weighted by atomic mass is 10.0. The summed E-state index contributed by atoms with van der Waals surface area (Å²) < 4.78 is 0. The zero-order valence-electron chi connectivity index (χ0n) is 32.1.